The van der Waals surface area contributed by atoms with E-state index in [9.17, 15) is 14.7 Å². The van der Waals surface area contributed by atoms with Gasteiger partial charge in [-0.05, 0) is 29.6 Å². The molecule has 1 fully saturated rings. The molecule has 1 saturated heterocycles. The molecular formula is C20H19NO6S. The van der Waals surface area contributed by atoms with Crippen molar-refractivity contribution in [2.75, 3.05) is 33.5 Å². The molecule has 2 aliphatic rings. The zero-order chi connectivity index (χ0) is 19.7. The number of hydrogen-bond donors (Lipinski definition) is 1. The minimum absolute atomic E-state index is 0.0697. The third-order valence-corrected chi connectivity index (χ3v) is 5.63. The number of ketones is 1. The van der Waals surface area contributed by atoms with E-state index in [1.165, 1.54) is 23.3 Å². The Hall–Kier alpha value is -2.84. The summed E-state index contributed by atoms with van der Waals surface area (Å²) < 4.78 is 16.1. The predicted molar refractivity (Wildman–Crippen MR) is 103 cm³/mol. The highest BCUT2D eigenvalue weighted by molar-refractivity contribution is 7.10. The first-order valence-corrected chi connectivity index (χ1v) is 9.70. The van der Waals surface area contributed by atoms with Gasteiger partial charge in [0.15, 0.2) is 11.5 Å². The number of amides is 1. The Kier molecular flexibility index (Phi) is 5.06. The minimum atomic E-state index is -0.707. The molecule has 0 aliphatic carbocycles. The number of hydrogen-bond acceptors (Lipinski definition) is 7. The third-order valence-electron chi connectivity index (χ3n) is 4.70. The number of benzene rings is 1. The molecule has 28 heavy (non-hydrogen) atoms. The van der Waals surface area contributed by atoms with E-state index in [0.29, 0.717) is 36.9 Å². The molecule has 1 atom stereocenters. The summed E-state index contributed by atoms with van der Waals surface area (Å²) in [6, 6.07) is 8.00. The molecule has 1 unspecified atom stereocenters. The van der Waals surface area contributed by atoms with E-state index in [-0.39, 0.29) is 17.9 Å². The number of carbonyl (C=O) groups is 2. The number of methoxy groups -OCH3 is 1. The lowest BCUT2D eigenvalue weighted by molar-refractivity contribution is -0.140. The Balaban J connectivity index is 1.80. The second kappa shape index (κ2) is 7.65. The molecule has 0 saturated carbocycles. The summed E-state index contributed by atoms with van der Waals surface area (Å²) in [6.45, 7) is 1.41. The first-order valence-electron chi connectivity index (χ1n) is 8.82. The van der Waals surface area contributed by atoms with Gasteiger partial charge < -0.3 is 24.2 Å². The van der Waals surface area contributed by atoms with Gasteiger partial charge in [-0.2, -0.15) is 0 Å². The number of rotatable bonds is 5. The molecule has 1 aromatic carbocycles. The largest absolute Gasteiger partial charge is 0.507 e. The quantitative estimate of drug-likeness (QED) is 0.471. The summed E-state index contributed by atoms with van der Waals surface area (Å²) in [6.07, 6.45) is 0. The number of aliphatic hydroxyl groups excluding tert-OH is 1. The lowest BCUT2D eigenvalue weighted by Crippen LogP contribution is -2.32. The van der Waals surface area contributed by atoms with Gasteiger partial charge >= 0.3 is 0 Å². The first-order chi connectivity index (χ1) is 13.6. The lowest BCUT2D eigenvalue weighted by Gasteiger charge is -2.24. The fraction of sp³-hybridized carbons (Fsp3) is 0.300. The number of aliphatic hydroxyl groups is 1. The minimum Gasteiger partial charge on any atom is -0.507 e. The molecule has 3 heterocycles. The van der Waals surface area contributed by atoms with Crippen molar-refractivity contribution >= 4 is 28.8 Å². The van der Waals surface area contributed by atoms with E-state index in [0.717, 1.165) is 4.88 Å². The van der Waals surface area contributed by atoms with Crippen molar-refractivity contribution in [3.8, 4) is 11.5 Å². The maximum atomic E-state index is 12.8. The van der Waals surface area contributed by atoms with Gasteiger partial charge in [-0.25, -0.2) is 0 Å². The van der Waals surface area contributed by atoms with Crippen molar-refractivity contribution in [3.63, 3.8) is 0 Å². The molecule has 146 valence electrons. The van der Waals surface area contributed by atoms with E-state index in [2.05, 4.69) is 0 Å². The summed E-state index contributed by atoms with van der Waals surface area (Å²) in [4.78, 5) is 27.7. The third kappa shape index (κ3) is 3.14. The van der Waals surface area contributed by atoms with Gasteiger partial charge in [-0.15, -0.1) is 11.3 Å². The number of fused-ring (bicyclic) bond motifs is 1. The van der Waals surface area contributed by atoms with Gasteiger partial charge in [0.25, 0.3) is 11.7 Å². The normalized spacial score (nSPS) is 20.6. The van der Waals surface area contributed by atoms with Crippen molar-refractivity contribution in [2.24, 2.45) is 0 Å². The van der Waals surface area contributed by atoms with E-state index in [4.69, 9.17) is 14.2 Å². The van der Waals surface area contributed by atoms with Gasteiger partial charge in [-0.3, -0.25) is 9.59 Å². The van der Waals surface area contributed by atoms with Crippen molar-refractivity contribution in [1.29, 1.82) is 0 Å². The van der Waals surface area contributed by atoms with Crippen molar-refractivity contribution < 1.29 is 28.9 Å². The van der Waals surface area contributed by atoms with Crippen LogP contribution in [0.4, 0.5) is 0 Å². The van der Waals surface area contributed by atoms with Gasteiger partial charge in [-0.1, -0.05) is 6.07 Å². The zero-order valence-corrected chi connectivity index (χ0v) is 16.0. The molecule has 0 bridgehead atoms. The van der Waals surface area contributed by atoms with Gasteiger partial charge in [0.2, 0.25) is 0 Å². The fourth-order valence-electron chi connectivity index (χ4n) is 3.39. The van der Waals surface area contributed by atoms with Crippen LogP contribution >= 0.6 is 11.3 Å². The topological polar surface area (TPSA) is 85.3 Å². The number of ether oxygens (including phenoxy) is 3. The summed E-state index contributed by atoms with van der Waals surface area (Å²) in [5.74, 6) is -0.500. The Morgan fingerprint density at radius 2 is 2.04 bits per heavy atom. The Morgan fingerprint density at radius 1 is 1.25 bits per heavy atom. The van der Waals surface area contributed by atoms with Crippen LogP contribution in [-0.2, 0) is 14.3 Å². The molecule has 1 N–H and O–H groups in total. The Bertz CT molecular complexity index is 936. The maximum absolute atomic E-state index is 12.8. The number of likely N-dealkylation sites (tertiary alicyclic amines) is 1. The summed E-state index contributed by atoms with van der Waals surface area (Å²) in [7, 11) is 1.53. The fourth-order valence-corrected chi connectivity index (χ4v) is 4.23. The molecule has 1 aromatic heterocycles. The molecule has 8 heteroatoms. The van der Waals surface area contributed by atoms with Crippen LogP contribution in [0.15, 0.2) is 41.3 Å². The SMILES string of the molecule is COCCN1C(=O)C(=O)/C(=C(\O)c2ccc3c(c2)OCCO3)C1c1cccs1. The summed E-state index contributed by atoms with van der Waals surface area (Å²) in [5, 5.41) is 12.9. The average Bonchev–Trinajstić information content (AvgIpc) is 3.33. The molecule has 2 aliphatic heterocycles. The molecule has 0 spiro atoms. The Morgan fingerprint density at radius 3 is 2.75 bits per heavy atom. The standard InChI is InChI=1S/C20H19NO6S/c1-25-7-6-21-17(15-3-2-10-28-15)16(19(23)20(21)24)18(22)12-4-5-13-14(11-12)27-9-8-26-13/h2-5,10-11,17,22H,6-9H2,1H3/b18-16-. The second-order valence-corrected chi connectivity index (χ2v) is 7.34. The van der Waals surface area contributed by atoms with E-state index >= 15 is 0 Å². The molecule has 7 nitrogen and oxygen atoms in total. The number of carbonyl (C=O) groups excluding carboxylic acids is 2. The summed E-state index contributed by atoms with van der Waals surface area (Å²) >= 11 is 1.42. The van der Waals surface area contributed by atoms with Gasteiger partial charge in [0, 0.05) is 24.1 Å². The number of thiophene rings is 1. The molecular weight excluding hydrogens is 382 g/mol. The average molecular weight is 401 g/mol. The van der Waals surface area contributed by atoms with E-state index in [1.54, 1.807) is 18.2 Å². The molecule has 1 amide bonds. The smallest absolute Gasteiger partial charge is 0.295 e. The zero-order valence-electron chi connectivity index (χ0n) is 15.2. The van der Waals surface area contributed by atoms with E-state index in [1.807, 2.05) is 17.5 Å². The number of nitrogens with zero attached hydrogens (tertiary/aromatic N) is 1. The highest BCUT2D eigenvalue weighted by atomic mass is 32.1. The van der Waals surface area contributed by atoms with Crippen LogP contribution in [0.3, 0.4) is 0 Å². The highest BCUT2D eigenvalue weighted by Gasteiger charge is 2.46. The van der Waals surface area contributed by atoms with Crippen molar-refractivity contribution in [1.82, 2.24) is 4.90 Å². The second-order valence-electron chi connectivity index (χ2n) is 6.36. The van der Waals surface area contributed by atoms with Gasteiger partial charge in [0.1, 0.15) is 19.0 Å². The van der Waals surface area contributed by atoms with Crippen LogP contribution in [-0.4, -0.2) is 55.2 Å². The van der Waals surface area contributed by atoms with Crippen LogP contribution in [0.25, 0.3) is 5.76 Å². The first kappa shape index (κ1) is 18.5. The monoisotopic (exact) mass is 401 g/mol. The number of Topliss-reactive ketones (excluding diaryl/α,β-unsaturated/α-hetero) is 1. The van der Waals surface area contributed by atoms with Crippen LogP contribution in [0, 0.1) is 0 Å². The highest BCUT2D eigenvalue weighted by Crippen LogP contribution is 2.42. The molecule has 2 aromatic rings. The lowest BCUT2D eigenvalue weighted by atomic mass is 9.99. The van der Waals surface area contributed by atoms with Crippen LogP contribution in [0.2, 0.25) is 0 Å². The maximum Gasteiger partial charge on any atom is 0.295 e. The molecule has 0 radical (unpaired) electrons. The van der Waals surface area contributed by atoms with Crippen LogP contribution in [0.5, 0.6) is 11.5 Å². The van der Waals surface area contributed by atoms with Crippen molar-refractivity contribution in [2.45, 2.75) is 6.04 Å². The van der Waals surface area contributed by atoms with Gasteiger partial charge in [0.05, 0.1) is 18.2 Å². The molecule has 4 rings (SSSR count). The Labute approximate surface area is 165 Å². The van der Waals surface area contributed by atoms with Crippen LogP contribution in [0.1, 0.15) is 16.5 Å². The predicted octanol–water partition coefficient (Wildman–Crippen LogP) is 2.59. The van der Waals surface area contributed by atoms with E-state index < -0.39 is 17.7 Å². The van der Waals surface area contributed by atoms with Crippen LogP contribution < -0.4 is 9.47 Å². The van der Waals surface area contributed by atoms with Crippen molar-refractivity contribution in [3.05, 3.63) is 51.7 Å². The summed E-state index contributed by atoms with van der Waals surface area (Å²) in [5.41, 5.74) is 0.468.